The van der Waals surface area contributed by atoms with Gasteiger partial charge in [0, 0.05) is 32.4 Å². The van der Waals surface area contributed by atoms with Crippen molar-refractivity contribution in [3.05, 3.63) is 0 Å². The number of fused-ring (bicyclic) bond motifs is 5. The Labute approximate surface area is 242 Å². The highest BCUT2D eigenvalue weighted by molar-refractivity contribution is 7.84. The van der Waals surface area contributed by atoms with Crippen molar-refractivity contribution in [1.82, 2.24) is 4.31 Å². The van der Waals surface area contributed by atoms with Gasteiger partial charge in [0.25, 0.3) is 0 Å². The highest BCUT2D eigenvalue weighted by Gasteiger charge is 2.67. The van der Waals surface area contributed by atoms with Crippen LogP contribution in [0.15, 0.2) is 0 Å². The van der Waals surface area contributed by atoms with Crippen molar-refractivity contribution in [3.63, 3.8) is 0 Å². The van der Waals surface area contributed by atoms with Gasteiger partial charge in [-0.1, -0.05) is 34.6 Å². The summed E-state index contributed by atoms with van der Waals surface area (Å²) in [6.07, 6.45) is 8.36. The summed E-state index contributed by atoms with van der Waals surface area (Å²) in [7, 11) is -0.876. The Bertz CT molecular complexity index is 1060. The van der Waals surface area contributed by atoms with Gasteiger partial charge in [-0.15, -0.1) is 0 Å². The van der Waals surface area contributed by atoms with Gasteiger partial charge in [0.1, 0.15) is 6.10 Å². The second kappa shape index (κ2) is 11.5. The number of esters is 2. The van der Waals surface area contributed by atoms with E-state index in [4.69, 9.17) is 13.7 Å². The summed E-state index contributed by atoms with van der Waals surface area (Å²) in [6.45, 7) is 13.0. The normalized spacial score (nSPS) is 41.9. The summed E-state index contributed by atoms with van der Waals surface area (Å²) < 4.78 is 45.0. The average molecular weight is 584 g/mol. The maximum Gasteiger partial charge on any atom is 0.338 e. The molecule has 4 aliphatic rings. The molecule has 0 spiro atoms. The molecule has 0 aromatic heterocycles. The molecular weight excluding hydrogens is 530 g/mol. The maximum atomic E-state index is 13.4. The molecule has 4 fully saturated rings. The molecule has 10 atom stereocenters. The molecule has 4 saturated carbocycles. The fourth-order valence-corrected chi connectivity index (χ4v) is 11.0. The number of rotatable bonds is 9. The molecule has 4 rings (SSSR count). The van der Waals surface area contributed by atoms with Crippen LogP contribution in [-0.2, 0) is 33.6 Å². The molecule has 0 aliphatic heterocycles. The van der Waals surface area contributed by atoms with Gasteiger partial charge in [-0.25, -0.2) is 0 Å². The van der Waals surface area contributed by atoms with Crippen LogP contribution in [0.1, 0.15) is 106 Å². The summed E-state index contributed by atoms with van der Waals surface area (Å²) >= 11 is 0. The van der Waals surface area contributed by atoms with Crippen LogP contribution in [0.5, 0.6) is 0 Å². The summed E-state index contributed by atoms with van der Waals surface area (Å²) in [4.78, 5) is 23.7. The summed E-state index contributed by atoms with van der Waals surface area (Å²) in [5.74, 6) is 1.35. The third kappa shape index (κ3) is 5.36. The van der Waals surface area contributed by atoms with Gasteiger partial charge in [0.15, 0.2) is 0 Å². The van der Waals surface area contributed by atoms with Gasteiger partial charge < -0.3 is 9.47 Å². The van der Waals surface area contributed by atoms with Gasteiger partial charge in [0.05, 0.1) is 13.2 Å². The highest BCUT2D eigenvalue weighted by Crippen LogP contribution is 2.72. The Morgan fingerprint density at radius 3 is 2.38 bits per heavy atom. The molecule has 0 N–H and O–H groups in total. The van der Waals surface area contributed by atoms with E-state index >= 15 is 0 Å². The predicted molar refractivity (Wildman–Crippen MR) is 153 cm³/mol. The predicted octanol–water partition coefficient (Wildman–Crippen LogP) is 5.75. The van der Waals surface area contributed by atoms with E-state index in [-0.39, 0.29) is 46.1 Å². The first kappa shape index (κ1) is 31.7. The van der Waals surface area contributed by atoms with Crippen molar-refractivity contribution < 1.29 is 31.7 Å². The van der Waals surface area contributed by atoms with Crippen molar-refractivity contribution in [2.24, 2.45) is 45.8 Å². The van der Waals surface area contributed by atoms with Crippen molar-refractivity contribution in [3.8, 4) is 0 Å². The van der Waals surface area contributed by atoms with Gasteiger partial charge in [-0.3, -0.25) is 13.8 Å². The van der Waals surface area contributed by atoms with Crippen LogP contribution >= 0.6 is 0 Å². The zero-order valence-electron chi connectivity index (χ0n) is 26.0. The lowest BCUT2D eigenvalue weighted by Crippen LogP contribution is -2.62. The molecule has 0 unspecified atom stereocenters. The summed E-state index contributed by atoms with van der Waals surface area (Å²) in [5, 5.41) is 0. The molecule has 8 nitrogen and oxygen atoms in total. The average Bonchev–Trinajstić information content (AvgIpc) is 3.25. The number of nitrogens with zero attached hydrogens (tertiary/aromatic N) is 1. The number of carbonyl (C=O) groups excluding carboxylic acids is 2. The summed E-state index contributed by atoms with van der Waals surface area (Å²) in [5.41, 5.74) is -0.252. The first-order valence-electron chi connectivity index (χ1n) is 15.5. The molecule has 0 saturated heterocycles. The second-order valence-corrected chi connectivity index (χ2v) is 15.9. The SMILES string of the molecule is CCN(C)S(=O)(=O)O[C@@H]1C[C@@H]2[C@H](CC[C@@]3(C)C[C@@H](OC(C)=O)CC[C@]23C)[C@H]2CC[C@@H]([C@@H](C)CCC(=O)OC)[C@]21C. The second-order valence-electron chi connectivity index (χ2n) is 14.2. The minimum atomic E-state index is -3.89. The summed E-state index contributed by atoms with van der Waals surface area (Å²) in [6, 6.07) is 0. The maximum absolute atomic E-state index is 13.4. The Morgan fingerprint density at radius 2 is 1.75 bits per heavy atom. The van der Waals surface area contributed by atoms with Gasteiger partial charge in [-0.05, 0) is 98.2 Å². The van der Waals surface area contributed by atoms with E-state index in [1.54, 1.807) is 7.05 Å². The van der Waals surface area contributed by atoms with Crippen LogP contribution in [0.2, 0.25) is 0 Å². The number of carbonyl (C=O) groups is 2. The highest BCUT2D eigenvalue weighted by atomic mass is 32.2. The van der Waals surface area contributed by atoms with Crippen LogP contribution in [0.4, 0.5) is 0 Å². The third-order valence-electron chi connectivity index (χ3n) is 12.6. The van der Waals surface area contributed by atoms with Gasteiger partial charge in [-0.2, -0.15) is 12.7 Å². The molecule has 0 amide bonds. The van der Waals surface area contributed by atoms with Crippen molar-refractivity contribution in [2.45, 2.75) is 118 Å². The number of hydrogen-bond acceptors (Lipinski definition) is 7. The smallest absolute Gasteiger partial charge is 0.338 e. The fourth-order valence-electron chi connectivity index (χ4n) is 9.99. The molecule has 230 valence electrons. The molecular formula is C31H53NO7S. The monoisotopic (exact) mass is 583 g/mol. The first-order valence-corrected chi connectivity index (χ1v) is 16.9. The lowest BCUT2D eigenvalue weighted by Gasteiger charge is -2.66. The Hall–Kier alpha value is -1.19. The topological polar surface area (TPSA) is 99.2 Å². The number of hydrogen-bond donors (Lipinski definition) is 0. The molecule has 9 heteroatoms. The molecule has 0 aromatic carbocycles. The van der Waals surface area contributed by atoms with E-state index in [9.17, 15) is 18.0 Å². The van der Waals surface area contributed by atoms with Crippen LogP contribution in [0.3, 0.4) is 0 Å². The van der Waals surface area contributed by atoms with E-state index in [1.165, 1.54) is 18.3 Å². The van der Waals surface area contributed by atoms with Crippen molar-refractivity contribution in [2.75, 3.05) is 20.7 Å². The number of ether oxygens (including phenoxy) is 2. The molecule has 0 bridgehead atoms. The molecule has 0 aromatic rings. The molecule has 4 aliphatic carbocycles. The minimum Gasteiger partial charge on any atom is -0.469 e. The quantitative estimate of drug-likeness (QED) is 0.319. The van der Waals surface area contributed by atoms with Crippen LogP contribution in [-0.4, -0.2) is 57.6 Å². The Balaban J connectivity index is 1.69. The van der Waals surface area contributed by atoms with E-state index in [1.807, 2.05) is 6.92 Å². The molecule has 0 radical (unpaired) electrons. The van der Waals surface area contributed by atoms with E-state index < -0.39 is 16.4 Å². The van der Waals surface area contributed by atoms with Crippen molar-refractivity contribution in [1.29, 1.82) is 0 Å². The van der Waals surface area contributed by atoms with Crippen LogP contribution in [0, 0.1) is 45.8 Å². The van der Waals surface area contributed by atoms with E-state index in [0.29, 0.717) is 30.7 Å². The van der Waals surface area contributed by atoms with Crippen LogP contribution in [0.25, 0.3) is 0 Å². The Morgan fingerprint density at radius 1 is 1.05 bits per heavy atom. The van der Waals surface area contributed by atoms with E-state index in [0.717, 1.165) is 57.8 Å². The zero-order chi connectivity index (χ0) is 29.7. The standard InChI is InChI=1S/C31H53NO7S/c1-9-32(7)40(35,36)39-27-18-26-23(15-16-29(4)19-22(38-21(3)33)14-17-30(26,29)5)25-12-11-24(31(25,27)6)20(2)10-13-28(34)37-8/h20,22-27H,9-19H2,1-8H3/t20-,22-,23+,24-,25+,26+,27+,29-,30+,31+/m0/s1. The molecule has 0 heterocycles. The zero-order valence-corrected chi connectivity index (χ0v) is 26.8. The first-order chi connectivity index (χ1) is 18.6. The van der Waals surface area contributed by atoms with Gasteiger partial charge >= 0.3 is 22.2 Å². The van der Waals surface area contributed by atoms with Gasteiger partial charge in [0.2, 0.25) is 0 Å². The lowest BCUT2D eigenvalue weighted by molar-refractivity contribution is -0.202. The largest absolute Gasteiger partial charge is 0.469 e. The fraction of sp³-hybridized carbons (Fsp3) is 0.935. The third-order valence-corrected chi connectivity index (χ3v) is 14.1. The van der Waals surface area contributed by atoms with Crippen molar-refractivity contribution >= 4 is 22.2 Å². The Kier molecular flexibility index (Phi) is 9.11. The van der Waals surface area contributed by atoms with E-state index in [2.05, 4.69) is 27.7 Å². The lowest BCUT2D eigenvalue weighted by atomic mass is 9.39. The minimum absolute atomic E-state index is 0.0184. The van der Waals surface area contributed by atoms with Crippen LogP contribution < -0.4 is 0 Å². The molecule has 40 heavy (non-hydrogen) atoms. The number of methoxy groups -OCH3 is 1.